The highest BCUT2D eigenvalue weighted by Gasteiger charge is 2.04. The highest BCUT2D eigenvalue weighted by Crippen LogP contribution is 2.17. The summed E-state index contributed by atoms with van der Waals surface area (Å²) < 4.78 is 9.30. The zero-order valence-corrected chi connectivity index (χ0v) is 9.83. The molecule has 0 atom stereocenters. The molecule has 1 aromatic heterocycles. The van der Waals surface area contributed by atoms with Crippen LogP contribution in [0.5, 0.6) is 5.75 Å². The molecule has 16 heavy (non-hydrogen) atoms. The predicted molar refractivity (Wildman–Crippen MR) is 64.5 cm³/mol. The molecular formula is C11H13N3OS. The van der Waals surface area contributed by atoms with Gasteiger partial charge in [-0.25, -0.2) is 0 Å². The molecule has 2 rings (SSSR count). The van der Waals surface area contributed by atoms with Crippen LogP contribution in [0.25, 0.3) is 0 Å². The molecule has 0 radical (unpaired) electrons. The molecule has 84 valence electrons. The molecule has 1 aromatic carbocycles. The number of nitrogen functional groups attached to an aromatic ring is 1. The fraction of sp³-hybridized carbons (Fsp3) is 0.273. The van der Waals surface area contributed by atoms with Gasteiger partial charge in [0.25, 0.3) is 0 Å². The maximum Gasteiger partial charge on any atom is 0.136 e. The van der Waals surface area contributed by atoms with Gasteiger partial charge in [-0.2, -0.15) is 0 Å². The van der Waals surface area contributed by atoms with E-state index in [2.05, 4.69) is 28.6 Å². The number of ether oxygens (including phenoxy) is 1. The van der Waals surface area contributed by atoms with Crippen molar-refractivity contribution in [1.82, 2.24) is 9.59 Å². The molecule has 4 nitrogen and oxygen atoms in total. The number of aromatic nitrogens is 2. The Labute approximate surface area is 98.2 Å². The molecule has 5 heteroatoms. The van der Waals surface area contributed by atoms with Crippen LogP contribution >= 0.6 is 11.5 Å². The summed E-state index contributed by atoms with van der Waals surface area (Å²) in [5.41, 5.74) is 7.66. The minimum Gasteiger partial charge on any atom is -0.487 e. The van der Waals surface area contributed by atoms with Crippen LogP contribution in [0.1, 0.15) is 18.2 Å². The second-order valence-corrected chi connectivity index (χ2v) is 4.16. The second kappa shape index (κ2) is 4.94. The fourth-order valence-electron chi connectivity index (χ4n) is 1.29. The van der Waals surface area contributed by atoms with Gasteiger partial charge in [-0.15, -0.1) is 5.10 Å². The van der Waals surface area contributed by atoms with Gasteiger partial charge in [-0.1, -0.05) is 23.5 Å². The van der Waals surface area contributed by atoms with E-state index in [9.17, 15) is 0 Å². The Bertz CT molecular complexity index is 453. The molecule has 0 fully saturated rings. The number of nitrogens with two attached hydrogens (primary N) is 1. The van der Waals surface area contributed by atoms with Gasteiger partial charge in [0.05, 0.1) is 0 Å². The van der Waals surface area contributed by atoms with Crippen molar-refractivity contribution in [2.45, 2.75) is 20.0 Å². The third-order valence-corrected chi connectivity index (χ3v) is 2.89. The summed E-state index contributed by atoms with van der Waals surface area (Å²) in [7, 11) is 0. The Balaban J connectivity index is 1.97. The van der Waals surface area contributed by atoms with Gasteiger partial charge in [-0.05, 0) is 24.1 Å². The van der Waals surface area contributed by atoms with Crippen molar-refractivity contribution in [3.63, 3.8) is 0 Å². The lowest BCUT2D eigenvalue weighted by atomic mass is 10.2. The van der Waals surface area contributed by atoms with Crippen molar-refractivity contribution >= 4 is 16.5 Å². The van der Waals surface area contributed by atoms with E-state index in [1.165, 1.54) is 17.1 Å². The number of rotatable bonds is 4. The molecule has 0 unspecified atom stereocenters. The lowest BCUT2D eigenvalue weighted by Gasteiger charge is -2.04. The SMILES string of the molecule is CCc1ccc(OCc2nnsc2N)cc1. The van der Waals surface area contributed by atoms with Gasteiger partial charge in [0, 0.05) is 11.5 Å². The summed E-state index contributed by atoms with van der Waals surface area (Å²) >= 11 is 1.18. The van der Waals surface area contributed by atoms with E-state index in [4.69, 9.17) is 10.5 Å². The van der Waals surface area contributed by atoms with Crippen LogP contribution < -0.4 is 10.5 Å². The smallest absolute Gasteiger partial charge is 0.136 e. The van der Waals surface area contributed by atoms with Crippen LogP contribution in [0.3, 0.4) is 0 Å². The van der Waals surface area contributed by atoms with Gasteiger partial charge in [-0.3, -0.25) is 0 Å². The summed E-state index contributed by atoms with van der Waals surface area (Å²) in [6.07, 6.45) is 1.03. The Morgan fingerprint density at radius 2 is 2.06 bits per heavy atom. The maximum atomic E-state index is 5.66. The minimum absolute atomic E-state index is 0.369. The Hall–Kier alpha value is -1.62. The fourth-order valence-corrected chi connectivity index (χ4v) is 1.72. The summed E-state index contributed by atoms with van der Waals surface area (Å²) in [4.78, 5) is 0. The summed E-state index contributed by atoms with van der Waals surface area (Å²) in [5.74, 6) is 0.824. The molecular weight excluding hydrogens is 222 g/mol. The zero-order valence-electron chi connectivity index (χ0n) is 9.01. The number of aryl methyl sites for hydroxylation is 1. The number of anilines is 1. The molecule has 0 aliphatic carbocycles. The first-order chi connectivity index (χ1) is 7.79. The van der Waals surface area contributed by atoms with Crippen LogP contribution in [0.4, 0.5) is 5.00 Å². The topological polar surface area (TPSA) is 61.0 Å². The predicted octanol–water partition coefficient (Wildman–Crippen LogP) is 2.26. The van der Waals surface area contributed by atoms with Gasteiger partial charge >= 0.3 is 0 Å². The average Bonchev–Trinajstić information content (AvgIpc) is 2.73. The van der Waals surface area contributed by atoms with Crippen LogP contribution in [-0.2, 0) is 13.0 Å². The third kappa shape index (κ3) is 2.49. The largest absolute Gasteiger partial charge is 0.487 e. The van der Waals surface area contributed by atoms with E-state index in [1.54, 1.807) is 0 Å². The Kier molecular flexibility index (Phi) is 3.36. The molecule has 0 bridgehead atoms. The first-order valence-electron chi connectivity index (χ1n) is 5.08. The number of hydrogen-bond donors (Lipinski definition) is 1. The molecule has 0 aliphatic heterocycles. The summed E-state index contributed by atoms with van der Waals surface area (Å²) in [6, 6.07) is 8.01. The second-order valence-electron chi connectivity index (χ2n) is 3.37. The van der Waals surface area contributed by atoms with Crippen molar-refractivity contribution in [2.24, 2.45) is 0 Å². The van der Waals surface area contributed by atoms with E-state index >= 15 is 0 Å². The van der Waals surface area contributed by atoms with E-state index < -0.39 is 0 Å². The average molecular weight is 235 g/mol. The van der Waals surface area contributed by atoms with Crippen molar-refractivity contribution in [1.29, 1.82) is 0 Å². The maximum absolute atomic E-state index is 5.66. The molecule has 0 aliphatic rings. The third-order valence-electron chi connectivity index (χ3n) is 2.29. The molecule has 0 spiro atoms. The molecule has 0 saturated carbocycles. The quantitative estimate of drug-likeness (QED) is 0.883. The minimum atomic E-state index is 0.369. The summed E-state index contributed by atoms with van der Waals surface area (Å²) in [5, 5.41) is 4.50. The molecule has 1 heterocycles. The van der Waals surface area contributed by atoms with E-state index in [0.717, 1.165) is 12.2 Å². The van der Waals surface area contributed by atoms with Crippen LogP contribution in [-0.4, -0.2) is 9.59 Å². The van der Waals surface area contributed by atoms with Crippen molar-refractivity contribution in [3.05, 3.63) is 35.5 Å². The van der Waals surface area contributed by atoms with Crippen LogP contribution in [0.2, 0.25) is 0 Å². The monoisotopic (exact) mass is 235 g/mol. The zero-order chi connectivity index (χ0) is 11.4. The summed E-state index contributed by atoms with van der Waals surface area (Å²) in [6.45, 7) is 2.49. The lowest BCUT2D eigenvalue weighted by Crippen LogP contribution is -1.99. The van der Waals surface area contributed by atoms with Crippen molar-refractivity contribution in [2.75, 3.05) is 5.73 Å². The molecule has 2 N–H and O–H groups in total. The van der Waals surface area contributed by atoms with E-state index in [-0.39, 0.29) is 0 Å². The van der Waals surface area contributed by atoms with Gasteiger partial charge in [0.1, 0.15) is 23.1 Å². The van der Waals surface area contributed by atoms with Crippen molar-refractivity contribution in [3.8, 4) is 5.75 Å². The Morgan fingerprint density at radius 1 is 1.31 bits per heavy atom. The van der Waals surface area contributed by atoms with E-state index in [0.29, 0.717) is 17.3 Å². The molecule has 0 amide bonds. The molecule has 2 aromatic rings. The first-order valence-corrected chi connectivity index (χ1v) is 5.85. The number of nitrogens with zero attached hydrogens (tertiary/aromatic N) is 2. The highest BCUT2D eigenvalue weighted by molar-refractivity contribution is 7.09. The first kappa shape index (κ1) is 10.9. The van der Waals surface area contributed by atoms with Gasteiger partial charge < -0.3 is 10.5 Å². The number of hydrogen-bond acceptors (Lipinski definition) is 5. The van der Waals surface area contributed by atoms with Crippen molar-refractivity contribution < 1.29 is 4.74 Å². The highest BCUT2D eigenvalue weighted by atomic mass is 32.1. The lowest BCUT2D eigenvalue weighted by molar-refractivity contribution is 0.302. The normalized spacial score (nSPS) is 10.3. The van der Waals surface area contributed by atoms with Crippen LogP contribution in [0, 0.1) is 0 Å². The van der Waals surface area contributed by atoms with E-state index in [1.807, 2.05) is 12.1 Å². The molecule has 0 saturated heterocycles. The number of benzene rings is 1. The van der Waals surface area contributed by atoms with Gasteiger partial charge in [0.2, 0.25) is 0 Å². The van der Waals surface area contributed by atoms with Gasteiger partial charge in [0.15, 0.2) is 0 Å². The van der Waals surface area contributed by atoms with Crippen LogP contribution in [0.15, 0.2) is 24.3 Å². The Morgan fingerprint density at radius 3 is 2.62 bits per heavy atom. The standard InChI is InChI=1S/C11H13N3OS/c1-2-8-3-5-9(6-4-8)15-7-10-11(12)16-14-13-10/h3-6H,2,7,12H2,1H3.